The fourth-order valence-corrected chi connectivity index (χ4v) is 4.46. The van der Waals surface area contributed by atoms with Crippen LogP contribution >= 0.6 is 11.8 Å². The van der Waals surface area contributed by atoms with Gasteiger partial charge in [0, 0.05) is 18.7 Å². The molecule has 2 aliphatic heterocycles. The number of carbonyl (C=O) groups excluding carboxylic acids is 1. The molecule has 3 heterocycles. The van der Waals surface area contributed by atoms with Gasteiger partial charge in [-0.2, -0.15) is 0 Å². The number of amides is 1. The first-order valence-electron chi connectivity index (χ1n) is 9.52. The minimum absolute atomic E-state index is 0.0847. The topological polar surface area (TPSA) is 77.7 Å². The molecule has 1 fully saturated rings. The standard InChI is InChI=1S/C21H19N3O4S/c25-20(24-10-4-5-11-24)18(14-6-2-1-3-7-14)29-21-23-22-19(28-21)15-8-9-16-17(12-15)27-13-26-16/h1-3,6-9,12,18H,4-5,10-11,13H2. The fourth-order valence-electron chi connectivity index (χ4n) is 3.50. The van der Waals surface area contributed by atoms with Gasteiger partial charge in [-0.15, -0.1) is 10.2 Å². The minimum atomic E-state index is -0.417. The maximum absolute atomic E-state index is 13.1. The van der Waals surface area contributed by atoms with Crippen molar-refractivity contribution in [2.45, 2.75) is 23.3 Å². The summed E-state index contributed by atoms with van der Waals surface area (Å²) in [6.45, 7) is 1.81. The van der Waals surface area contributed by atoms with Crippen LogP contribution in [0.1, 0.15) is 23.7 Å². The Morgan fingerprint density at radius 1 is 1.00 bits per heavy atom. The molecular weight excluding hydrogens is 390 g/mol. The number of rotatable bonds is 5. The quantitative estimate of drug-likeness (QED) is 0.591. The number of fused-ring (bicyclic) bond motifs is 1. The first kappa shape index (κ1) is 18.1. The number of carbonyl (C=O) groups is 1. The highest BCUT2D eigenvalue weighted by Gasteiger charge is 2.30. The Balaban J connectivity index is 1.40. The van der Waals surface area contributed by atoms with Gasteiger partial charge in [0.2, 0.25) is 18.6 Å². The lowest BCUT2D eigenvalue weighted by Gasteiger charge is -2.22. The molecule has 0 N–H and O–H groups in total. The van der Waals surface area contributed by atoms with Gasteiger partial charge < -0.3 is 18.8 Å². The third-order valence-corrected chi connectivity index (χ3v) is 6.07. The molecule has 29 heavy (non-hydrogen) atoms. The molecule has 0 radical (unpaired) electrons. The van der Waals surface area contributed by atoms with Crippen LogP contribution in [0, 0.1) is 0 Å². The molecule has 0 aliphatic carbocycles. The minimum Gasteiger partial charge on any atom is -0.454 e. The Labute approximate surface area is 172 Å². The molecule has 1 aromatic heterocycles. The third kappa shape index (κ3) is 3.67. The van der Waals surface area contributed by atoms with Gasteiger partial charge in [0.25, 0.3) is 5.22 Å². The van der Waals surface area contributed by atoms with Gasteiger partial charge in [-0.1, -0.05) is 30.3 Å². The number of aromatic nitrogens is 2. The highest BCUT2D eigenvalue weighted by atomic mass is 32.2. The van der Waals surface area contributed by atoms with E-state index in [2.05, 4.69) is 10.2 Å². The van der Waals surface area contributed by atoms with E-state index < -0.39 is 5.25 Å². The smallest absolute Gasteiger partial charge is 0.277 e. The Morgan fingerprint density at radius 3 is 2.62 bits per heavy atom. The van der Waals surface area contributed by atoms with Crippen LogP contribution < -0.4 is 9.47 Å². The molecule has 2 aliphatic rings. The molecule has 2 aromatic carbocycles. The van der Waals surface area contributed by atoms with Gasteiger partial charge in [0.15, 0.2) is 11.5 Å². The summed E-state index contributed by atoms with van der Waals surface area (Å²) in [7, 11) is 0. The van der Waals surface area contributed by atoms with Crippen molar-refractivity contribution in [1.29, 1.82) is 0 Å². The van der Waals surface area contributed by atoms with Gasteiger partial charge in [-0.3, -0.25) is 4.79 Å². The van der Waals surface area contributed by atoms with E-state index in [1.165, 1.54) is 11.8 Å². The summed E-state index contributed by atoms with van der Waals surface area (Å²) < 4.78 is 16.6. The molecule has 1 amide bonds. The first-order chi connectivity index (χ1) is 14.3. The molecule has 3 aromatic rings. The van der Waals surface area contributed by atoms with Crippen LogP contribution in [0.5, 0.6) is 11.5 Å². The molecule has 0 bridgehead atoms. The lowest BCUT2D eigenvalue weighted by atomic mass is 10.1. The maximum atomic E-state index is 13.1. The van der Waals surface area contributed by atoms with Crippen molar-refractivity contribution >= 4 is 17.7 Å². The summed E-state index contributed by atoms with van der Waals surface area (Å²) >= 11 is 1.29. The second-order valence-corrected chi connectivity index (χ2v) is 7.94. The van der Waals surface area contributed by atoms with Crippen LogP contribution in [0.4, 0.5) is 0 Å². The number of hydrogen-bond donors (Lipinski definition) is 0. The van der Waals surface area contributed by atoms with Crippen molar-refractivity contribution in [3.63, 3.8) is 0 Å². The van der Waals surface area contributed by atoms with Gasteiger partial charge in [-0.05, 0) is 48.4 Å². The molecule has 1 saturated heterocycles. The molecular formula is C21H19N3O4S. The predicted molar refractivity (Wildman–Crippen MR) is 107 cm³/mol. The molecule has 0 saturated carbocycles. The lowest BCUT2D eigenvalue weighted by Crippen LogP contribution is -2.31. The van der Waals surface area contributed by atoms with Crippen LogP contribution in [-0.4, -0.2) is 40.9 Å². The van der Waals surface area contributed by atoms with Crippen LogP contribution in [0.3, 0.4) is 0 Å². The average Bonchev–Trinajstić information content (AvgIpc) is 3.53. The van der Waals surface area contributed by atoms with Gasteiger partial charge >= 0.3 is 0 Å². The summed E-state index contributed by atoms with van der Waals surface area (Å²) in [6.07, 6.45) is 2.10. The second-order valence-electron chi connectivity index (χ2n) is 6.88. The predicted octanol–water partition coefficient (Wildman–Crippen LogP) is 3.92. The Morgan fingerprint density at radius 2 is 1.79 bits per heavy atom. The third-order valence-electron chi connectivity index (χ3n) is 4.99. The Kier molecular flexibility index (Phi) is 4.85. The van der Waals surface area contributed by atoms with Crippen LogP contribution in [0.2, 0.25) is 0 Å². The van der Waals surface area contributed by atoms with Crippen molar-refractivity contribution in [2.75, 3.05) is 19.9 Å². The van der Waals surface area contributed by atoms with Crippen molar-refractivity contribution in [3.05, 3.63) is 54.1 Å². The molecule has 148 valence electrons. The SMILES string of the molecule is O=C(C(Sc1nnc(-c2ccc3c(c2)OCO3)o1)c1ccccc1)N1CCCC1. The van der Waals surface area contributed by atoms with E-state index in [0.29, 0.717) is 22.6 Å². The highest BCUT2D eigenvalue weighted by molar-refractivity contribution is 8.00. The average molecular weight is 409 g/mol. The van der Waals surface area contributed by atoms with Crippen LogP contribution in [0.15, 0.2) is 58.2 Å². The van der Waals surface area contributed by atoms with Gasteiger partial charge in [-0.25, -0.2) is 0 Å². The highest BCUT2D eigenvalue weighted by Crippen LogP contribution is 2.39. The number of hydrogen-bond acceptors (Lipinski definition) is 7. The molecule has 1 atom stereocenters. The summed E-state index contributed by atoms with van der Waals surface area (Å²) in [5.74, 6) is 1.82. The van der Waals surface area contributed by atoms with E-state index in [-0.39, 0.29) is 12.7 Å². The van der Waals surface area contributed by atoms with E-state index in [9.17, 15) is 4.79 Å². The van der Waals surface area contributed by atoms with Crippen LogP contribution in [0.25, 0.3) is 11.5 Å². The van der Waals surface area contributed by atoms with Gasteiger partial charge in [0.1, 0.15) is 5.25 Å². The molecule has 8 heteroatoms. The van der Waals surface area contributed by atoms with E-state index >= 15 is 0 Å². The Hall–Kier alpha value is -3.00. The summed E-state index contributed by atoms with van der Waals surface area (Å²) in [5.41, 5.74) is 1.67. The van der Waals surface area contributed by atoms with Crippen molar-refractivity contribution in [3.8, 4) is 23.0 Å². The van der Waals surface area contributed by atoms with E-state index in [4.69, 9.17) is 13.9 Å². The maximum Gasteiger partial charge on any atom is 0.277 e. The summed E-state index contributed by atoms with van der Waals surface area (Å²) in [4.78, 5) is 15.1. The lowest BCUT2D eigenvalue weighted by molar-refractivity contribution is -0.129. The largest absolute Gasteiger partial charge is 0.454 e. The molecule has 0 spiro atoms. The monoisotopic (exact) mass is 409 g/mol. The molecule has 5 rings (SSSR count). The summed E-state index contributed by atoms with van der Waals surface area (Å²) in [5, 5.41) is 8.26. The number of benzene rings is 2. The van der Waals surface area contributed by atoms with E-state index in [0.717, 1.165) is 37.1 Å². The number of ether oxygens (including phenoxy) is 2. The van der Waals surface area contributed by atoms with E-state index in [1.54, 1.807) is 0 Å². The Bertz CT molecular complexity index is 1020. The van der Waals surface area contributed by atoms with E-state index in [1.807, 2.05) is 53.4 Å². The zero-order valence-electron chi connectivity index (χ0n) is 15.6. The van der Waals surface area contributed by atoms with Crippen LogP contribution in [-0.2, 0) is 4.79 Å². The summed E-state index contributed by atoms with van der Waals surface area (Å²) in [6, 6.07) is 15.2. The number of nitrogens with zero attached hydrogens (tertiary/aromatic N) is 3. The zero-order chi connectivity index (χ0) is 19.6. The number of likely N-dealkylation sites (tertiary alicyclic amines) is 1. The fraction of sp³-hybridized carbons (Fsp3) is 0.286. The van der Waals surface area contributed by atoms with Crippen molar-refractivity contribution in [1.82, 2.24) is 15.1 Å². The zero-order valence-corrected chi connectivity index (χ0v) is 16.4. The normalized spacial score (nSPS) is 16.2. The second kappa shape index (κ2) is 7.79. The number of thioether (sulfide) groups is 1. The van der Waals surface area contributed by atoms with Gasteiger partial charge in [0.05, 0.1) is 0 Å². The molecule has 7 nitrogen and oxygen atoms in total. The van der Waals surface area contributed by atoms with Crippen molar-refractivity contribution in [2.24, 2.45) is 0 Å². The molecule has 1 unspecified atom stereocenters. The first-order valence-corrected chi connectivity index (χ1v) is 10.4. The van der Waals surface area contributed by atoms with Crippen molar-refractivity contribution < 1.29 is 18.7 Å².